The van der Waals surface area contributed by atoms with Crippen LogP contribution in [0.3, 0.4) is 0 Å². The first-order valence-electron chi connectivity index (χ1n) is 7.37. The van der Waals surface area contributed by atoms with Gasteiger partial charge in [-0.25, -0.2) is 0 Å². The number of aliphatic hydroxyl groups excluding tert-OH is 1. The van der Waals surface area contributed by atoms with Crippen molar-refractivity contribution in [2.75, 3.05) is 0 Å². The molecular weight excluding hydrogens is 250 g/mol. The zero-order valence-electron chi connectivity index (χ0n) is 12.9. The van der Waals surface area contributed by atoms with Crippen LogP contribution >= 0.6 is 0 Å². The van der Waals surface area contributed by atoms with Crippen LogP contribution in [0.4, 0.5) is 0 Å². The maximum atomic E-state index is 10.7. The van der Waals surface area contributed by atoms with E-state index in [1.165, 1.54) is 0 Å². The minimum atomic E-state index is -0.749. The first kappa shape index (κ1) is 15.1. The molecule has 1 aliphatic carbocycles. The summed E-state index contributed by atoms with van der Waals surface area (Å²) in [6.07, 6.45) is 4.46. The summed E-state index contributed by atoms with van der Waals surface area (Å²) in [7, 11) is 1.81. The molecule has 1 aromatic rings. The van der Waals surface area contributed by atoms with E-state index >= 15 is 0 Å². The summed E-state index contributed by atoms with van der Waals surface area (Å²) in [6, 6.07) is 4.22. The van der Waals surface area contributed by atoms with E-state index in [-0.39, 0.29) is 5.41 Å². The Morgan fingerprint density at radius 2 is 2.05 bits per heavy atom. The number of hydrogen-bond donors (Lipinski definition) is 1. The highest BCUT2D eigenvalue weighted by atomic mass is 16.3. The van der Waals surface area contributed by atoms with Crippen molar-refractivity contribution in [3.05, 3.63) is 18.0 Å². The van der Waals surface area contributed by atoms with Gasteiger partial charge < -0.3 is 5.11 Å². The molecule has 2 rings (SSSR count). The Labute approximate surface area is 121 Å². The van der Waals surface area contributed by atoms with Gasteiger partial charge in [0, 0.05) is 13.2 Å². The van der Waals surface area contributed by atoms with Gasteiger partial charge in [0.05, 0.1) is 17.2 Å². The Balaban J connectivity index is 2.18. The molecule has 1 saturated carbocycles. The van der Waals surface area contributed by atoms with Gasteiger partial charge in [-0.05, 0) is 43.1 Å². The highest BCUT2D eigenvalue weighted by Crippen LogP contribution is 2.50. The zero-order chi connectivity index (χ0) is 15.0. The minimum absolute atomic E-state index is 0.277. The summed E-state index contributed by atoms with van der Waals surface area (Å²) in [4.78, 5) is 0. The maximum Gasteiger partial charge on any atom is 0.114 e. The van der Waals surface area contributed by atoms with E-state index in [4.69, 9.17) is 0 Å². The highest BCUT2D eigenvalue weighted by molar-refractivity contribution is 5.16. The van der Waals surface area contributed by atoms with Crippen molar-refractivity contribution >= 4 is 0 Å². The van der Waals surface area contributed by atoms with Crippen molar-refractivity contribution in [2.24, 2.45) is 23.8 Å². The van der Waals surface area contributed by atoms with Crippen molar-refractivity contribution in [1.82, 2.24) is 9.78 Å². The maximum absolute atomic E-state index is 10.7. The second kappa shape index (κ2) is 5.21. The van der Waals surface area contributed by atoms with Crippen molar-refractivity contribution in [2.45, 2.75) is 52.6 Å². The number of hydrogen-bond acceptors (Lipinski definition) is 3. The predicted molar refractivity (Wildman–Crippen MR) is 77.6 cm³/mol. The molecule has 1 unspecified atom stereocenters. The van der Waals surface area contributed by atoms with E-state index in [1.807, 2.05) is 7.05 Å². The Kier molecular flexibility index (Phi) is 3.93. The molecule has 20 heavy (non-hydrogen) atoms. The lowest BCUT2D eigenvalue weighted by Crippen LogP contribution is -2.36. The summed E-state index contributed by atoms with van der Waals surface area (Å²) in [5, 5.41) is 24.4. The van der Waals surface area contributed by atoms with E-state index < -0.39 is 11.5 Å². The first-order valence-corrected chi connectivity index (χ1v) is 7.37. The summed E-state index contributed by atoms with van der Waals surface area (Å²) in [5.74, 6) is 0.628. The average Bonchev–Trinajstić information content (AvgIpc) is 2.83. The number of nitrogens with zero attached hydrogens (tertiary/aromatic N) is 3. The van der Waals surface area contributed by atoms with Gasteiger partial charge >= 0.3 is 0 Å². The predicted octanol–water partition coefficient (Wildman–Crippen LogP) is 3.20. The monoisotopic (exact) mass is 275 g/mol. The topological polar surface area (TPSA) is 61.8 Å². The molecule has 0 radical (unpaired) electrons. The van der Waals surface area contributed by atoms with Crippen LogP contribution < -0.4 is 0 Å². The molecule has 1 heterocycles. The van der Waals surface area contributed by atoms with Gasteiger partial charge in [0.1, 0.15) is 6.10 Å². The number of aliphatic hydroxyl groups is 1. The van der Waals surface area contributed by atoms with Crippen LogP contribution in [0, 0.1) is 28.1 Å². The number of aryl methyl sites for hydroxylation is 1. The second-order valence-electron chi connectivity index (χ2n) is 7.19. The van der Waals surface area contributed by atoms with Gasteiger partial charge in [0.15, 0.2) is 0 Å². The van der Waals surface area contributed by atoms with Gasteiger partial charge in [0.25, 0.3) is 0 Å². The zero-order valence-corrected chi connectivity index (χ0v) is 12.9. The lowest BCUT2D eigenvalue weighted by atomic mass is 9.62. The van der Waals surface area contributed by atoms with E-state index in [0.717, 1.165) is 31.4 Å². The number of rotatable bonds is 2. The third-order valence-electron chi connectivity index (χ3n) is 4.99. The first-order chi connectivity index (χ1) is 9.30. The van der Waals surface area contributed by atoms with Crippen molar-refractivity contribution in [3.63, 3.8) is 0 Å². The van der Waals surface area contributed by atoms with Crippen LogP contribution in [0.5, 0.6) is 0 Å². The van der Waals surface area contributed by atoms with Crippen molar-refractivity contribution < 1.29 is 5.11 Å². The Morgan fingerprint density at radius 3 is 2.45 bits per heavy atom. The van der Waals surface area contributed by atoms with E-state index in [9.17, 15) is 10.4 Å². The van der Waals surface area contributed by atoms with Gasteiger partial charge in [-0.1, -0.05) is 20.8 Å². The molecule has 0 aliphatic heterocycles. The molecular formula is C16H25N3O. The normalized spacial score (nSPS) is 28.9. The molecule has 4 nitrogen and oxygen atoms in total. The van der Waals surface area contributed by atoms with Gasteiger partial charge in [-0.3, -0.25) is 4.68 Å². The number of aromatic nitrogens is 2. The summed E-state index contributed by atoms with van der Waals surface area (Å²) in [5.41, 5.74) is 0.356. The molecule has 1 N–H and O–H groups in total. The Morgan fingerprint density at radius 1 is 1.45 bits per heavy atom. The molecule has 1 atom stereocenters. The quantitative estimate of drug-likeness (QED) is 0.901. The SMILES string of the molecule is Cn1nccc1C(O)C1(C#N)CCC(C(C)(C)C)CC1. The van der Waals surface area contributed by atoms with Crippen LogP contribution in [-0.2, 0) is 7.05 Å². The van der Waals surface area contributed by atoms with E-state index in [0.29, 0.717) is 5.92 Å². The smallest absolute Gasteiger partial charge is 0.114 e. The standard InChI is InChI=1S/C16H25N3O/c1-15(2,3)12-5-8-16(11-17,9-6-12)14(20)13-7-10-18-19(13)4/h7,10,12,14,20H,5-6,8-9H2,1-4H3. The fraction of sp³-hybridized carbons (Fsp3) is 0.750. The van der Waals surface area contributed by atoms with Crippen molar-refractivity contribution in [1.29, 1.82) is 5.26 Å². The van der Waals surface area contributed by atoms with Crippen LogP contribution in [0.2, 0.25) is 0 Å². The van der Waals surface area contributed by atoms with Crippen LogP contribution in [0.1, 0.15) is 58.3 Å². The third-order valence-corrected chi connectivity index (χ3v) is 4.99. The summed E-state index contributed by atoms with van der Waals surface area (Å²) < 4.78 is 1.67. The fourth-order valence-electron chi connectivity index (χ4n) is 3.38. The van der Waals surface area contributed by atoms with Gasteiger partial charge in [0.2, 0.25) is 0 Å². The molecule has 1 aromatic heterocycles. The van der Waals surface area contributed by atoms with Crippen LogP contribution in [-0.4, -0.2) is 14.9 Å². The molecule has 0 spiro atoms. The molecule has 110 valence electrons. The lowest BCUT2D eigenvalue weighted by Gasteiger charge is -2.42. The molecule has 0 aromatic carbocycles. The molecule has 0 bridgehead atoms. The fourth-order valence-corrected chi connectivity index (χ4v) is 3.38. The molecule has 4 heteroatoms. The van der Waals surface area contributed by atoms with Crippen molar-refractivity contribution in [3.8, 4) is 6.07 Å². The van der Waals surface area contributed by atoms with Gasteiger partial charge in [-0.2, -0.15) is 10.4 Å². The Hall–Kier alpha value is -1.34. The highest BCUT2D eigenvalue weighted by Gasteiger charge is 2.45. The summed E-state index contributed by atoms with van der Waals surface area (Å²) in [6.45, 7) is 6.78. The number of nitriles is 1. The molecule has 1 fully saturated rings. The van der Waals surface area contributed by atoms with Crippen LogP contribution in [0.15, 0.2) is 12.3 Å². The van der Waals surface area contributed by atoms with E-state index in [1.54, 1.807) is 16.9 Å². The van der Waals surface area contributed by atoms with Gasteiger partial charge in [-0.15, -0.1) is 0 Å². The lowest BCUT2D eigenvalue weighted by molar-refractivity contribution is 0.00390. The average molecular weight is 275 g/mol. The molecule has 0 amide bonds. The molecule has 0 saturated heterocycles. The van der Waals surface area contributed by atoms with E-state index in [2.05, 4.69) is 31.9 Å². The Bertz CT molecular complexity index is 499. The second-order valence-corrected chi connectivity index (χ2v) is 7.19. The summed E-state index contributed by atoms with van der Waals surface area (Å²) >= 11 is 0. The molecule has 1 aliphatic rings. The third kappa shape index (κ3) is 2.60. The largest absolute Gasteiger partial charge is 0.385 e. The minimum Gasteiger partial charge on any atom is -0.385 e. The van der Waals surface area contributed by atoms with Crippen LogP contribution in [0.25, 0.3) is 0 Å².